The van der Waals surface area contributed by atoms with Crippen LogP contribution in [0.4, 0.5) is 0 Å². The first-order valence-corrected chi connectivity index (χ1v) is 34.8. The molecule has 0 spiro atoms. The molecule has 2 N–H and O–H groups in total. The lowest BCUT2D eigenvalue weighted by Gasteiger charge is -2.27. The maximum Gasteiger partial charge on any atom is 0.472 e. The minimum Gasteiger partial charge on any atom is -0.456 e. The highest BCUT2D eigenvalue weighted by Crippen LogP contribution is 2.43. The number of unbranched alkanes of at least 4 members (excludes halogenated alkanes) is 41. The molecule has 0 aliphatic heterocycles. The number of hydrogen-bond donors (Lipinski definition) is 2. The molecule has 0 bridgehead atoms. The van der Waals surface area contributed by atoms with Gasteiger partial charge in [0.15, 0.2) is 0 Å². The van der Waals surface area contributed by atoms with Gasteiger partial charge in [0.1, 0.15) is 19.3 Å². The van der Waals surface area contributed by atoms with Gasteiger partial charge >= 0.3 is 13.8 Å². The highest BCUT2D eigenvalue weighted by Gasteiger charge is 2.30. The molecule has 0 saturated heterocycles. The zero-order valence-electron chi connectivity index (χ0n) is 52.0. The van der Waals surface area contributed by atoms with E-state index in [2.05, 4.69) is 50.4 Å². The number of phosphoric acid groups is 1. The number of carbonyl (C=O) groups excluding carboxylic acids is 2. The molecule has 0 saturated carbocycles. The van der Waals surface area contributed by atoms with Crippen molar-refractivity contribution in [3.8, 4) is 0 Å². The third-order valence-corrected chi connectivity index (χ3v) is 16.1. The van der Waals surface area contributed by atoms with E-state index in [1.807, 2.05) is 33.3 Å². The van der Waals surface area contributed by atoms with Crippen LogP contribution in [0.3, 0.4) is 0 Å². The monoisotopic (exact) mass is 1110 g/mol. The molecule has 0 radical (unpaired) electrons. The summed E-state index contributed by atoms with van der Waals surface area (Å²) in [6, 6.07) is -0.844. The Morgan fingerprint density at radius 2 is 0.792 bits per heavy atom. The lowest BCUT2D eigenvalue weighted by molar-refractivity contribution is -0.870. The first kappa shape index (κ1) is 75.2. The van der Waals surface area contributed by atoms with E-state index in [1.54, 1.807) is 0 Å². The van der Waals surface area contributed by atoms with Crippen LogP contribution in [0.2, 0.25) is 0 Å². The molecule has 3 atom stereocenters. The number of phosphoric ester groups is 1. The molecule has 3 unspecified atom stereocenters. The molecule has 0 aliphatic carbocycles. The van der Waals surface area contributed by atoms with Crippen molar-refractivity contribution in [3.05, 3.63) is 36.5 Å². The zero-order valence-corrected chi connectivity index (χ0v) is 52.9. The number of ether oxygens (including phenoxy) is 1. The largest absolute Gasteiger partial charge is 0.472 e. The van der Waals surface area contributed by atoms with Gasteiger partial charge in [-0.1, -0.05) is 289 Å². The maximum atomic E-state index is 13.6. The molecule has 0 aromatic rings. The molecule has 10 heteroatoms. The molecule has 77 heavy (non-hydrogen) atoms. The second kappa shape index (κ2) is 57.5. The van der Waals surface area contributed by atoms with Crippen LogP contribution < -0.4 is 5.32 Å². The number of esters is 1. The highest BCUT2D eigenvalue weighted by atomic mass is 31.2. The van der Waals surface area contributed by atoms with Gasteiger partial charge in [-0.2, -0.15) is 0 Å². The molecular formula is C67H130N2O7P+. The zero-order chi connectivity index (χ0) is 56.4. The van der Waals surface area contributed by atoms with Crippen molar-refractivity contribution in [1.82, 2.24) is 5.32 Å². The summed E-state index contributed by atoms with van der Waals surface area (Å²) >= 11 is 0. The number of nitrogens with one attached hydrogen (secondary N) is 1. The summed E-state index contributed by atoms with van der Waals surface area (Å²) in [6.07, 6.45) is 70.0. The van der Waals surface area contributed by atoms with Crippen LogP contribution in [0.1, 0.15) is 329 Å². The van der Waals surface area contributed by atoms with Crippen LogP contribution >= 0.6 is 7.82 Å². The quantitative estimate of drug-likeness (QED) is 0.0205. The first-order valence-electron chi connectivity index (χ1n) is 33.3. The summed E-state index contributed by atoms with van der Waals surface area (Å²) in [4.78, 5) is 37.8. The standard InChI is InChI=1S/C67H129N2O7P/c1-7-10-13-16-19-22-25-28-30-31-32-33-34-35-36-37-39-41-44-47-50-53-56-59-66(70)68-64(63-75-77(72,73)74-62-61-69(4,5)6)65(58-55-52-49-46-43-40-27-24-21-18-15-12-9-3)76-67(71)60-57-54-51-48-45-42-38-29-26-23-20-17-14-11-8-2/h19,22,28,30,55,58,64-65H,7-18,20-21,23-27,29,31-54,56-57,59-63H2,1-6H3,(H-,68,70,72,73)/p+1/b22-19-,30-28-,58-55-. The molecule has 454 valence electrons. The predicted octanol–water partition coefficient (Wildman–Crippen LogP) is 20.7. The van der Waals surface area contributed by atoms with Crippen molar-refractivity contribution in [2.75, 3.05) is 40.9 Å². The normalized spacial score (nSPS) is 13.8. The fourth-order valence-corrected chi connectivity index (χ4v) is 10.7. The third-order valence-electron chi connectivity index (χ3n) is 15.1. The number of carbonyl (C=O) groups is 2. The summed E-state index contributed by atoms with van der Waals surface area (Å²) < 4.78 is 30.8. The van der Waals surface area contributed by atoms with Crippen LogP contribution in [0.5, 0.6) is 0 Å². The van der Waals surface area contributed by atoms with E-state index in [-0.39, 0.29) is 25.1 Å². The van der Waals surface area contributed by atoms with Crippen LogP contribution in [0, 0.1) is 0 Å². The minimum absolute atomic E-state index is 0.0430. The van der Waals surface area contributed by atoms with E-state index >= 15 is 0 Å². The van der Waals surface area contributed by atoms with Crippen molar-refractivity contribution in [1.29, 1.82) is 0 Å². The average molecular weight is 1110 g/mol. The first-order chi connectivity index (χ1) is 37.4. The Morgan fingerprint density at radius 3 is 1.19 bits per heavy atom. The number of allylic oxidation sites excluding steroid dienone is 5. The van der Waals surface area contributed by atoms with E-state index in [1.165, 1.54) is 231 Å². The summed E-state index contributed by atoms with van der Waals surface area (Å²) in [5, 5.41) is 3.07. The Labute approximate surface area is 478 Å². The topological polar surface area (TPSA) is 111 Å². The van der Waals surface area contributed by atoms with Gasteiger partial charge in [-0.15, -0.1) is 0 Å². The van der Waals surface area contributed by atoms with Crippen molar-refractivity contribution in [2.24, 2.45) is 0 Å². The number of nitrogens with zero attached hydrogens (tertiary/aromatic N) is 1. The van der Waals surface area contributed by atoms with Crippen molar-refractivity contribution in [2.45, 2.75) is 341 Å². The number of quaternary nitrogens is 1. The second-order valence-electron chi connectivity index (χ2n) is 24.0. The minimum atomic E-state index is -4.45. The van der Waals surface area contributed by atoms with E-state index in [4.69, 9.17) is 13.8 Å². The summed E-state index contributed by atoms with van der Waals surface area (Å²) in [6.45, 7) is 7.04. The fourth-order valence-electron chi connectivity index (χ4n) is 9.91. The van der Waals surface area contributed by atoms with E-state index in [0.29, 0.717) is 23.9 Å². The molecule has 0 heterocycles. The molecule has 0 rings (SSSR count). The van der Waals surface area contributed by atoms with Gasteiger partial charge in [-0.05, 0) is 63.9 Å². The van der Waals surface area contributed by atoms with Crippen LogP contribution in [0.15, 0.2) is 36.5 Å². The van der Waals surface area contributed by atoms with Gasteiger partial charge in [0.05, 0.1) is 33.8 Å². The molecule has 0 aliphatic rings. The van der Waals surface area contributed by atoms with Gasteiger partial charge in [0.25, 0.3) is 0 Å². The number of amides is 1. The Bertz CT molecular complexity index is 1410. The van der Waals surface area contributed by atoms with Crippen LogP contribution in [0.25, 0.3) is 0 Å². The van der Waals surface area contributed by atoms with Crippen molar-refractivity contribution >= 4 is 19.7 Å². The fraction of sp³-hybridized carbons (Fsp3) is 0.881. The Morgan fingerprint density at radius 1 is 0.455 bits per heavy atom. The Kier molecular flexibility index (Phi) is 56.1. The maximum absolute atomic E-state index is 13.6. The van der Waals surface area contributed by atoms with E-state index in [9.17, 15) is 19.0 Å². The Balaban J connectivity index is 5.13. The van der Waals surface area contributed by atoms with Crippen molar-refractivity contribution < 1.29 is 37.3 Å². The SMILES string of the molecule is CCCCC/C=C\C/C=C\CCCCCCCCCCCCCCCC(=O)NC(COP(=O)(O)OCC[N+](C)(C)C)C(/C=C\CCCCCCCCCCCCC)OC(=O)CCCCCCCCCCCCCCCCC. The van der Waals surface area contributed by atoms with Gasteiger partial charge in [-0.3, -0.25) is 18.6 Å². The molecule has 0 aromatic carbocycles. The summed E-state index contributed by atoms with van der Waals surface area (Å²) in [5.74, 6) is -0.488. The van der Waals surface area contributed by atoms with Gasteiger partial charge in [0.2, 0.25) is 5.91 Å². The van der Waals surface area contributed by atoms with Crippen LogP contribution in [-0.4, -0.2) is 74.3 Å². The number of rotatable bonds is 61. The lowest BCUT2D eigenvalue weighted by atomic mass is 10.0. The molecule has 9 nitrogen and oxygen atoms in total. The Hall–Kier alpha value is -1.77. The summed E-state index contributed by atoms with van der Waals surface area (Å²) in [7, 11) is 1.51. The number of hydrogen-bond acceptors (Lipinski definition) is 6. The second-order valence-corrected chi connectivity index (χ2v) is 25.5. The molecule has 0 aromatic heterocycles. The predicted molar refractivity (Wildman–Crippen MR) is 332 cm³/mol. The third kappa shape index (κ3) is 58.7. The van der Waals surface area contributed by atoms with Gasteiger partial charge in [0, 0.05) is 12.8 Å². The smallest absolute Gasteiger partial charge is 0.456 e. The van der Waals surface area contributed by atoms with Gasteiger partial charge in [-0.25, -0.2) is 4.57 Å². The molecule has 1 amide bonds. The highest BCUT2D eigenvalue weighted by molar-refractivity contribution is 7.47. The summed E-state index contributed by atoms with van der Waals surface area (Å²) in [5.41, 5.74) is 0. The van der Waals surface area contributed by atoms with Crippen LogP contribution in [-0.2, 0) is 27.9 Å². The van der Waals surface area contributed by atoms with Crippen molar-refractivity contribution in [3.63, 3.8) is 0 Å². The van der Waals surface area contributed by atoms with Gasteiger partial charge < -0.3 is 19.4 Å². The van der Waals surface area contributed by atoms with E-state index in [0.717, 1.165) is 64.2 Å². The molecule has 0 fully saturated rings. The molecular weight excluding hydrogens is 976 g/mol. The average Bonchev–Trinajstić information content (AvgIpc) is 3.39. The number of likely N-dealkylation sites (N-methyl/N-ethyl adjacent to an activating group) is 1. The lowest BCUT2D eigenvalue weighted by Crippen LogP contribution is -2.47. The van der Waals surface area contributed by atoms with E-state index < -0.39 is 20.0 Å².